The van der Waals surface area contributed by atoms with Gasteiger partial charge in [0.25, 0.3) is 0 Å². The van der Waals surface area contributed by atoms with Gasteiger partial charge in [-0.1, -0.05) is 78.4 Å². The lowest BCUT2D eigenvalue weighted by molar-refractivity contribution is -0.146. The molecule has 9 rings (SSSR count). The number of nitrogens with zero attached hydrogens (tertiary/aromatic N) is 4. The summed E-state index contributed by atoms with van der Waals surface area (Å²) in [5.41, 5.74) is 3.84. The first-order valence-corrected chi connectivity index (χ1v) is 20.1. The average molecular weight is 743 g/mol. The number of amides is 4. The van der Waals surface area contributed by atoms with Crippen LogP contribution in [0.2, 0.25) is 0 Å². The Labute approximate surface area is 322 Å². The standard InChI is InChI=1S/C45H50N4O6/c1-55-37-14-8-13-36(50)41(37)39-32-15-16-33-38(44(53)48(42(33)51)30-17-21-46(22-18-30)26-28-9-4-2-5-10-28)34(32)25-35-40(39)45(54)49(43(35)52)31-19-23-47(24-20-31)27-29-11-6-3-7-12-29/h2-15,30-31,33-35,38-40,50H,16-27H2,1H3. The fraction of sp³-hybridized carbons (Fsp3) is 0.467. The van der Waals surface area contributed by atoms with Crippen molar-refractivity contribution in [3.05, 3.63) is 107 Å². The molecular weight excluding hydrogens is 693 g/mol. The van der Waals surface area contributed by atoms with Crippen LogP contribution in [0.1, 0.15) is 61.1 Å². The first kappa shape index (κ1) is 35.9. The number of fused-ring (bicyclic) bond motifs is 4. The minimum atomic E-state index is -0.728. The molecule has 3 aromatic carbocycles. The maximum Gasteiger partial charge on any atom is 0.234 e. The molecular formula is C45H50N4O6. The molecule has 286 valence electrons. The number of hydrogen-bond donors (Lipinski definition) is 1. The van der Waals surface area contributed by atoms with Crippen LogP contribution < -0.4 is 4.74 Å². The van der Waals surface area contributed by atoms with Gasteiger partial charge in [-0.15, -0.1) is 0 Å². The average Bonchev–Trinajstić information content (AvgIpc) is 3.62. The molecule has 6 unspecified atom stereocenters. The second-order valence-corrected chi connectivity index (χ2v) is 16.5. The second-order valence-electron chi connectivity index (χ2n) is 16.5. The molecule has 0 aromatic heterocycles. The molecule has 0 spiro atoms. The van der Waals surface area contributed by atoms with Crippen LogP contribution in [0.5, 0.6) is 11.5 Å². The fourth-order valence-electron chi connectivity index (χ4n) is 11.1. The summed E-state index contributed by atoms with van der Waals surface area (Å²) in [6, 6.07) is 25.4. The van der Waals surface area contributed by atoms with Crippen molar-refractivity contribution in [3.63, 3.8) is 0 Å². The Morgan fingerprint density at radius 3 is 1.69 bits per heavy atom. The van der Waals surface area contributed by atoms with E-state index < -0.39 is 35.5 Å². The van der Waals surface area contributed by atoms with Gasteiger partial charge in [-0.05, 0) is 67.7 Å². The summed E-state index contributed by atoms with van der Waals surface area (Å²) in [6.45, 7) is 4.82. The van der Waals surface area contributed by atoms with Crippen molar-refractivity contribution in [2.45, 2.75) is 69.6 Å². The lowest BCUT2D eigenvalue weighted by Gasteiger charge is -2.44. The Hall–Kier alpha value is -4.80. The molecule has 0 radical (unpaired) electrons. The highest BCUT2D eigenvalue weighted by Crippen LogP contribution is 2.60. The molecule has 4 saturated heterocycles. The molecule has 4 amide bonds. The number of rotatable bonds is 8. The number of methoxy groups -OCH3 is 1. The van der Waals surface area contributed by atoms with E-state index in [0.29, 0.717) is 37.0 Å². The molecule has 3 aromatic rings. The SMILES string of the molecule is COc1cccc(O)c1C1C2=CCC3C(=O)N(C4CCN(Cc5ccccc5)CC4)C(=O)C3C2CC2C(=O)N(C3CCN(Cc4ccccc4)CC3)C(=O)C21. The topological polar surface area (TPSA) is 111 Å². The Kier molecular flexibility index (Phi) is 9.58. The summed E-state index contributed by atoms with van der Waals surface area (Å²) in [5.74, 6) is -3.75. The molecule has 10 heteroatoms. The number of carbonyl (C=O) groups is 4. The number of imide groups is 2. The van der Waals surface area contributed by atoms with E-state index in [0.717, 1.165) is 57.7 Å². The van der Waals surface area contributed by atoms with E-state index in [1.54, 1.807) is 35.1 Å². The van der Waals surface area contributed by atoms with Crippen molar-refractivity contribution < 1.29 is 29.0 Å². The summed E-state index contributed by atoms with van der Waals surface area (Å²) in [4.78, 5) is 66.1. The zero-order valence-electron chi connectivity index (χ0n) is 31.5. The van der Waals surface area contributed by atoms with E-state index in [2.05, 4.69) is 40.1 Å². The van der Waals surface area contributed by atoms with E-state index in [9.17, 15) is 24.3 Å². The highest BCUT2D eigenvalue weighted by Gasteiger charge is 2.63. The minimum Gasteiger partial charge on any atom is -0.508 e. The van der Waals surface area contributed by atoms with Gasteiger partial charge in [-0.3, -0.25) is 38.8 Å². The highest BCUT2D eigenvalue weighted by molar-refractivity contribution is 6.08. The zero-order chi connectivity index (χ0) is 37.8. The molecule has 2 aliphatic carbocycles. The van der Waals surface area contributed by atoms with Crippen molar-refractivity contribution in [2.75, 3.05) is 33.3 Å². The third-order valence-corrected chi connectivity index (χ3v) is 13.6. The van der Waals surface area contributed by atoms with E-state index in [4.69, 9.17) is 4.74 Å². The number of aromatic hydroxyl groups is 1. The monoisotopic (exact) mass is 742 g/mol. The van der Waals surface area contributed by atoms with Crippen LogP contribution in [-0.4, -0.2) is 93.7 Å². The molecule has 1 N–H and O–H groups in total. The summed E-state index contributed by atoms with van der Waals surface area (Å²) < 4.78 is 5.80. The molecule has 55 heavy (non-hydrogen) atoms. The van der Waals surface area contributed by atoms with Gasteiger partial charge in [-0.25, -0.2) is 0 Å². The molecule has 6 aliphatic rings. The van der Waals surface area contributed by atoms with Gasteiger partial charge in [-0.2, -0.15) is 0 Å². The number of hydrogen-bond acceptors (Lipinski definition) is 8. The zero-order valence-corrected chi connectivity index (χ0v) is 31.5. The molecule has 1 saturated carbocycles. The lowest BCUT2D eigenvalue weighted by atomic mass is 9.57. The number of piperidine rings is 2. The van der Waals surface area contributed by atoms with Gasteiger partial charge in [0, 0.05) is 62.8 Å². The molecule has 10 nitrogen and oxygen atoms in total. The van der Waals surface area contributed by atoms with Gasteiger partial charge in [0.2, 0.25) is 23.6 Å². The smallest absolute Gasteiger partial charge is 0.234 e. The van der Waals surface area contributed by atoms with Crippen LogP contribution in [0.15, 0.2) is 90.5 Å². The van der Waals surface area contributed by atoms with Gasteiger partial charge in [0.05, 0.1) is 30.8 Å². The predicted octanol–water partition coefficient (Wildman–Crippen LogP) is 5.37. The Bertz CT molecular complexity index is 1990. The lowest BCUT2D eigenvalue weighted by Crippen LogP contribution is -2.48. The van der Waals surface area contributed by atoms with Gasteiger partial charge in [0.15, 0.2) is 0 Å². The number of benzene rings is 3. The van der Waals surface area contributed by atoms with Crippen molar-refractivity contribution in [1.29, 1.82) is 0 Å². The van der Waals surface area contributed by atoms with Crippen LogP contribution in [0, 0.1) is 29.6 Å². The summed E-state index contributed by atoms with van der Waals surface area (Å²) in [6.07, 6.45) is 5.61. The summed E-state index contributed by atoms with van der Waals surface area (Å²) in [7, 11) is 1.54. The van der Waals surface area contributed by atoms with Gasteiger partial charge in [0.1, 0.15) is 11.5 Å². The van der Waals surface area contributed by atoms with Crippen molar-refractivity contribution in [1.82, 2.24) is 19.6 Å². The van der Waals surface area contributed by atoms with E-state index in [1.807, 2.05) is 36.4 Å². The first-order valence-electron chi connectivity index (χ1n) is 20.1. The van der Waals surface area contributed by atoms with Crippen LogP contribution in [0.25, 0.3) is 0 Å². The summed E-state index contributed by atoms with van der Waals surface area (Å²) >= 11 is 0. The number of phenols is 1. The maximum atomic E-state index is 14.7. The van der Waals surface area contributed by atoms with Crippen molar-refractivity contribution in [2.24, 2.45) is 29.6 Å². The third-order valence-electron chi connectivity index (χ3n) is 13.6. The van der Waals surface area contributed by atoms with Crippen LogP contribution in [0.3, 0.4) is 0 Å². The van der Waals surface area contributed by atoms with E-state index in [-0.39, 0.29) is 41.5 Å². The molecule has 6 atom stereocenters. The van der Waals surface area contributed by atoms with Crippen LogP contribution in [0.4, 0.5) is 0 Å². The highest BCUT2D eigenvalue weighted by atomic mass is 16.5. The number of carbonyl (C=O) groups excluding carboxylic acids is 4. The Morgan fingerprint density at radius 1 is 0.618 bits per heavy atom. The fourth-order valence-corrected chi connectivity index (χ4v) is 11.1. The van der Waals surface area contributed by atoms with E-state index >= 15 is 0 Å². The maximum absolute atomic E-state index is 14.7. The van der Waals surface area contributed by atoms with E-state index in [1.165, 1.54) is 11.1 Å². The predicted molar refractivity (Wildman–Crippen MR) is 205 cm³/mol. The first-order chi connectivity index (χ1) is 26.8. The van der Waals surface area contributed by atoms with Crippen molar-refractivity contribution >= 4 is 23.6 Å². The number of ether oxygens (including phenoxy) is 1. The number of allylic oxidation sites excluding steroid dienone is 2. The molecule has 4 heterocycles. The van der Waals surface area contributed by atoms with Crippen molar-refractivity contribution in [3.8, 4) is 11.5 Å². The Balaban J connectivity index is 0.983. The Morgan fingerprint density at radius 2 is 1.15 bits per heavy atom. The number of phenolic OH excluding ortho intramolecular Hbond substituents is 1. The number of likely N-dealkylation sites (tertiary alicyclic amines) is 4. The van der Waals surface area contributed by atoms with Gasteiger partial charge < -0.3 is 9.84 Å². The third kappa shape index (κ3) is 6.27. The minimum absolute atomic E-state index is 0.00240. The quantitative estimate of drug-likeness (QED) is 0.243. The molecule has 4 aliphatic heterocycles. The van der Waals surface area contributed by atoms with Crippen LogP contribution >= 0.6 is 0 Å². The largest absolute Gasteiger partial charge is 0.508 e. The second kappa shape index (κ2) is 14.7. The van der Waals surface area contributed by atoms with Gasteiger partial charge >= 0.3 is 0 Å². The normalized spacial score (nSPS) is 29.3. The molecule has 5 fully saturated rings. The summed E-state index contributed by atoms with van der Waals surface area (Å²) in [5, 5.41) is 11.5. The van der Waals surface area contributed by atoms with Crippen LogP contribution in [-0.2, 0) is 32.3 Å². The molecule has 0 bridgehead atoms.